The number of alkyl halides is 3. The molecule has 1 saturated heterocycles. The molecule has 3 rings (SSSR count). The van der Waals surface area contributed by atoms with Crippen LogP contribution in [0, 0.1) is 5.41 Å². The van der Waals surface area contributed by atoms with Crippen molar-refractivity contribution in [1.29, 1.82) is 0 Å². The van der Waals surface area contributed by atoms with Crippen LogP contribution in [0.2, 0.25) is 0 Å². The van der Waals surface area contributed by atoms with E-state index in [1.807, 2.05) is 13.0 Å². The Hall–Kier alpha value is -1.23. The number of rotatable bonds is 3. The molecule has 0 aromatic heterocycles. The Labute approximate surface area is 129 Å². The van der Waals surface area contributed by atoms with E-state index in [0.29, 0.717) is 17.8 Å². The molecule has 2 nitrogen and oxygen atoms in total. The van der Waals surface area contributed by atoms with Gasteiger partial charge >= 0.3 is 6.36 Å². The van der Waals surface area contributed by atoms with E-state index in [0.717, 1.165) is 49.9 Å². The number of nitrogens with one attached hydrogen (secondary N) is 1. The number of aryl methyl sites for hydroxylation is 1. The highest BCUT2D eigenvalue weighted by atomic mass is 19.4. The fourth-order valence-electron chi connectivity index (χ4n) is 3.71. The van der Waals surface area contributed by atoms with Crippen molar-refractivity contribution in [1.82, 2.24) is 5.32 Å². The normalized spacial score (nSPS) is 21.6. The van der Waals surface area contributed by atoms with E-state index in [9.17, 15) is 13.2 Å². The Kier molecular flexibility index (Phi) is 4.10. The molecule has 0 bridgehead atoms. The van der Waals surface area contributed by atoms with Gasteiger partial charge in [0, 0.05) is 13.1 Å². The molecule has 22 heavy (non-hydrogen) atoms. The van der Waals surface area contributed by atoms with Gasteiger partial charge in [0.05, 0.1) is 0 Å². The van der Waals surface area contributed by atoms with Crippen molar-refractivity contribution in [2.24, 2.45) is 5.41 Å². The quantitative estimate of drug-likeness (QED) is 0.893. The summed E-state index contributed by atoms with van der Waals surface area (Å²) in [6.45, 7) is 4.14. The van der Waals surface area contributed by atoms with E-state index in [2.05, 4.69) is 10.1 Å². The van der Waals surface area contributed by atoms with Gasteiger partial charge in [0.2, 0.25) is 0 Å². The molecule has 1 heterocycles. The first-order valence-corrected chi connectivity index (χ1v) is 7.99. The zero-order chi connectivity index (χ0) is 15.8. The molecule has 0 atom stereocenters. The summed E-state index contributed by atoms with van der Waals surface area (Å²) in [5.74, 6) is 0.278. The van der Waals surface area contributed by atoms with Crippen molar-refractivity contribution in [3.05, 3.63) is 29.3 Å². The Morgan fingerprint density at radius 2 is 1.86 bits per heavy atom. The van der Waals surface area contributed by atoms with Crippen molar-refractivity contribution in [2.45, 2.75) is 51.3 Å². The van der Waals surface area contributed by atoms with Crippen LogP contribution in [0.3, 0.4) is 0 Å². The smallest absolute Gasteiger partial charge is 0.406 e. The molecule has 2 fully saturated rings. The molecule has 0 amide bonds. The van der Waals surface area contributed by atoms with E-state index in [-0.39, 0.29) is 5.75 Å². The van der Waals surface area contributed by atoms with Crippen LogP contribution >= 0.6 is 0 Å². The van der Waals surface area contributed by atoms with E-state index in [1.165, 1.54) is 6.07 Å². The summed E-state index contributed by atoms with van der Waals surface area (Å²) in [6, 6.07) is 5.12. The summed E-state index contributed by atoms with van der Waals surface area (Å²) < 4.78 is 41.6. The van der Waals surface area contributed by atoms with Crippen molar-refractivity contribution < 1.29 is 17.9 Å². The Bertz CT molecular complexity index is 527. The second kappa shape index (κ2) is 5.76. The maximum Gasteiger partial charge on any atom is 0.573 e. The molecule has 5 heteroatoms. The predicted molar refractivity (Wildman–Crippen MR) is 79.0 cm³/mol. The third-order valence-corrected chi connectivity index (χ3v) is 5.15. The molecule has 1 aromatic carbocycles. The average molecular weight is 313 g/mol. The predicted octanol–water partition coefficient (Wildman–Crippen LogP) is 4.39. The van der Waals surface area contributed by atoms with Gasteiger partial charge in [-0.25, -0.2) is 0 Å². The van der Waals surface area contributed by atoms with Gasteiger partial charge in [-0.05, 0) is 66.7 Å². The molecule has 1 aliphatic heterocycles. The standard InChI is InChI=1S/C17H22F3NO/c1-2-12-7-14(9-15(8-12)22-17(18,19)20)13-3-5-16(6-4-13)10-21-11-16/h7-9,13,21H,2-6,10-11H2,1H3. The zero-order valence-electron chi connectivity index (χ0n) is 12.8. The highest BCUT2D eigenvalue weighted by Crippen LogP contribution is 2.45. The summed E-state index contributed by atoms with van der Waals surface area (Å²) in [4.78, 5) is 0. The molecule has 1 spiro atoms. The maximum atomic E-state index is 12.5. The zero-order valence-corrected chi connectivity index (χ0v) is 12.8. The van der Waals surface area contributed by atoms with Gasteiger partial charge < -0.3 is 10.1 Å². The highest BCUT2D eigenvalue weighted by Gasteiger charge is 2.40. The second-order valence-corrected chi connectivity index (χ2v) is 6.69. The van der Waals surface area contributed by atoms with Gasteiger partial charge in [0.1, 0.15) is 5.75 Å². The number of ether oxygens (including phenoxy) is 1. The molecule has 0 radical (unpaired) electrons. The topological polar surface area (TPSA) is 21.3 Å². The van der Waals surface area contributed by atoms with E-state index >= 15 is 0 Å². The minimum atomic E-state index is -4.63. The monoisotopic (exact) mass is 313 g/mol. The van der Waals surface area contributed by atoms with Gasteiger partial charge in [-0.1, -0.05) is 13.0 Å². The van der Waals surface area contributed by atoms with Gasteiger partial charge in [0.25, 0.3) is 0 Å². The molecule has 0 unspecified atom stereocenters. The number of hydrogen-bond acceptors (Lipinski definition) is 2. The Morgan fingerprint density at radius 1 is 1.18 bits per heavy atom. The number of hydrogen-bond donors (Lipinski definition) is 1. The third-order valence-electron chi connectivity index (χ3n) is 5.15. The van der Waals surface area contributed by atoms with Crippen molar-refractivity contribution in [3.63, 3.8) is 0 Å². The summed E-state index contributed by atoms with van der Waals surface area (Å²) >= 11 is 0. The lowest BCUT2D eigenvalue weighted by atomic mass is 9.66. The summed E-state index contributed by atoms with van der Waals surface area (Å²) in [7, 11) is 0. The van der Waals surface area contributed by atoms with Crippen LogP contribution in [-0.2, 0) is 6.42 Å². The van der Waals surface area contributed by atoms with Crippen LogP contribution in [0.5, 0.6) is 5.75 Å². The summed E-state index contributed by atoms with van der Waals surface area (Å²) in [5, 5.41) is 3.33. The largest absolute Gasteiger partial charge is 0.573 e. The highest BCUT2D eigenvalue weighted by molar-refractivity contribution is 5.37. The van der Waals surface area contributed by atoms with Crippen LogP contribution in [-0.4, -0.2) is 19.5 Å². The van der Waals surface area contributed by atoms with E-state index < -0.39 is 6.36 Å². The molecule has 1 aromatic rings. The minimum Gasteiger partial charge on any atom is -0.406 e. The summed E-state index contributed by atoms with van der Waals surface area (Å²) in [5.41, 5.74) is 2.37. The van der Waals surface area contributed by atoms with Crippen LogP contribution in [0.1, 0.15) is 49.7 Å². The first-order chi connectivity index (χ1) is 10.4. The van der Waals surface area contributed by atoms with Crippen LogP contribution in [0.15, 0.2) is 18.2 Å². The first kappa shape index (κ1) is 15.7. The molecular formula is C17H22F3NO. The van der Waals surface area contributed by atoms with Crippen LogP contribution in [0.25, 0.3) is 0 Å². The van der Waals surface area contributed by atoms with Crippen LogP contribution < -0.4 is 10.1 Å². The Morgan fingerprint density at radius 3 is 2.36 bits per heavy atom. The van der Waals surface area contributed by atoms with Gasteiger partial charge in [-0.3, -0.25) is 0 Å². The SMILES string of the molecule is CCc1cc(OC(F)(F)F)cc(C2CCC3(CC2)CNC3)c1. The molecule has 2 aliphatic rings. The van der Waals surface area contributed by atoms with E-state index in [1.54, 1.807) is 6.07 Å². The number of benzene rings is 1. The lowest BCUT2D eigenvalue weighted by molar-refractivity contribution is -0.274. The molecule has 122 valence electrons. The maximum absolute atomic E-state index is 12.5. The molecule has 1 N–H and O–H groups in total. The van der Waals surface area contributed by atoms with Crippen molar-refractivity contribution in [3.8, 4) is 5.75 Å². The van der Waals surface area contributed by atoms with Gasteiger partial charge in [-0.2, -0.15) is 0 Å². The lowest BCUT2D eigenvalue weighted by Crippen LogP contribution is -2.54. The summed E-state index contributed by atoms with van der Waals surface area (Å²) in [6.07, 6.45) is 0.522. The van der Waals surface area contributed by atoms with Gasteiger partial charge in [0.15, 0.2) is 0 Å². The molecule has 1 saturated carbocycles. The van der Waals surface area contributed by atoms with Crippen LogP contribution in [0.4, 0.5) is 13.2 Å². The Balaban J connectivity index is 1.76. The minimum absolute atomic E-state index is 0.0764. The fraction of sp³-hybridized carbons (Fsp3) is 0.647. The van der Waals surface area contributed by atoms with Gasteiger partial charge in [-0.15, -0.1) is 13.2 Å². The van der Waals surface area contributed by atoms with Crippen molar-refractivity contribution >= 4 is 0 Å². The molecule has 1 aliphatic carbocycles. The lowest BCUT2D eigenvalue weighted by Gasteiger charge is -2.47. The van der Waals surface area contributed by atoms with E-state index in [4.69, 9.17) is 0 Å². The fourth-order valence-corrected chi connectivity index (χ4v) is 3.71. The number of halogens is 3. The van der Waals surface area contributed by atoms with Crippen molar-refractivity contribution in [2.75, 3.05) is 13.1 Å². The first-order valence-electron chi connectivity index (χ1n) is 7.99. The third kappa shape index (κ3) is 3.40. The second-order valence-electron chi connectivity index (χ2n) is 6.69. The molecular weight excluding hydrogens is 291 g/mol. The average Bonchev–Trinajstić information content (AvgIpc) is 2.43.